The van der Waals surface area contributed by atoms with E-state index < -0.39 is 5.60 Å². The molecule has 0 aromatic heterocycles. The normalized spacial score (nSPS) is 31.2. The first-order valence-electron chi connectivity index (χ1n) is 3.54. The van der Waals surface area contributed by atoms with E-state index in [1.165, 1.54) is 0 Å². The van der Waals surface area contributed by atoms with Crippen molar-refractivity contribution in [3.63, 3.8) is 0 Å². The summed E-state index contributed by atoms with van der Waals surface area (Å²) in [6.07, 6.45) is 4.45. The smallest absolute Gasteiger partial charge is 0.164 e. The first-order chi connectivity index (χ1) is 4.70. The van der Waals surface area contributed by atoms with E-state index >= 15 is 0 Å². The molecule has 1 unspecified atom stereocenters. The summed E-state index contributed by atoms with van der Waals surface area (Å²) < 4.78 is 5.34. The Kier molecular flexibility index (Phi) is 1.79. The van der Waals surface area contributed by atoms with Gasteiger partial charge in [-0.1, -0.05) is 6.92 Å². The zero-order valence-corrected chi connectivity index (χ0v) is 6.39. The molecule has 0 spiro atoms. The molecule has 1 atom stereocenters. The summed E-state index contributed by atoms with van der Waals surface area (Å²) in [5.74, 6) is 0.939. The van der Waals surface area contributed by atoms with Gasteiger partial charge >= 0.3 is 0 Å². The molecule has 1 rings (SSSR count). The van der Waals surface area contributed by atoms with Crippen molar-refractivity contribution in [3.05, 3.63) is 11.8 Å². The summed E-state index contributed by atoms with van der Waals surface area (Å²) in [4.78, 5) is 10.4. The molecule has 0 radical (unpaired) electrons. The van der Waals surface area contributed by atoms with Gasteiger partial charge in [-0.2, -0.15) is 0 Å². The van der Waals surface area contributed by atoms with E-state index in [0.29, 0.717) is 0 Å². The summed E-state index contributed by atoms with van der Waals surface area (Å²) >= 11 is 0. The molecule has 1 aliphatic heterocycles. The van der Waals surface area contributed by atoms with Crippen LogP contribution in [0.25, 0.3) is 0 Å². The van der Waals surface area contributed by atoms with Gasteiger partial charge < -0.3 is 4.74 Å². The van der Waals surface area contributed by atoms with Crippen LogP contribution in [0.3, 0.4) is 0 Å². The summed E-state index contributed by atoms with van der Waals surface area (Å²) in [5.41, 5.74) is -0.564. The van der Waals surface area contributed by atoms with Crippen LogP contribution >= 0.6 is 0 Å². The van der Waals surface area contributed by atoms with E-state index in [-0.39, 0.29) is 0 Å². The zero-order chi connectivity index (χ0) is 7.61. The standard InChI is InChI=1S/C8H12O2/c1-3-7-4-5-8(2,6-9)10-7/h4,6H,3,5H2,1-2H3. The molecule has 0 fully saturated rings. The second-order valence-corrected chi connectivity index (χ2v) is 2.76. The van der Waals surface area contributed by atoms with Crippen LogP contribution in [0, 0.1) is 0 Å². The molecule has 0 aliphatic carbocycles. The average Bonchev–Trinajstić information content (AvgIpc) is 2.33. The third-order valence-electron chi connectivity index (χ3n) is 1.70. The molecular weight excluding hydrogens is 128 g/mol. The minimum absolute atomic E-state index is 0.564. The SMILES string of the molecule is CCC1=CCC(C)(C=O)O1. The summed E-state index contributed by atoms with van der Waals surface area (Å²) in [7, 11) is 0. The van der Waals surface area contributed by atoms with E-state index in [2.05, 4.69) is 0 Å². The van der Waals surface area contributed by atoms with E-state index in [0.717, 1.165) is 24.9 Å². The molecule has 1 aliphatic rings. The van der Waals surface area contributed by atoms with Gasteiger partial charge in [0.2, 0.25) is 0 Å². The van der Waals surface area contributed by atoms with Crippen LogP contribution in [-0.2, 0) is 9.53 Å². The Bertz CT molecular complexity index is 172. The molecule has 0 amide bonds. The van der Waals surface area contributed by atoms with Crippen LogP contribution in [0.2, 0.25) is 0 Å². The Morgan fingerprint density at radius 1 is 1.90 bits per heavy atom. The van der Waals surface area contributed by atoms with E-state index in [9.17, 15) is 4.79 Å². The van der Waals surface area contributed by atoms with Crippen molar-refractivity contribution >= 4 is 6.29 Å². The van der Waals surface area contributed by atoms with E-state index in [1.807, 2.05) is 13.0 Å². The molecule has 0 saturated carbocycles. The maximum absolute atomic E-state index is 10.4. The van der Waals surface area contributed by atoms with Crippen LogP contribution in [0.1, 0.15) is 26.7 Å². The Hall–Kier alpha value is -0.790. The van der Waals surface area contributed by atoms with Gasteiger partial charge in [0, 0.05) is 12.8 Å². The number of hydrogen-bond donors (Lipinski definition) is 0. The first kappa shape index (κ1) is 7.32. The van der Waals surface area contributed by atoms with E-state index in [1.54, 1.807) is 6.92 Å². The highest BCUT2D eigenvalue weighted by atomic mass is 16.5. The molecule has 0 aromatic rings. The first-order valence-corrected chi connectivity index (χ1v) is 3.54. The Morgan fingerprint density at radius 3 is 2.90 bits per heavy atom. The van der Waals surface area contributed by atoms with Gasteiger partial charge in [0.15, 0.2) is 11.9 Å². The molecular formula is C8H12O2. The lowest BCUT2D eigenvalue weighted by molar-refractivity contribution is -0.122. The fourth-order valence-electron chi connectivity index (χ4n) is 0.988. The molecule has 56 valence electrons. The predicted molar refractivity (Wildman–Crippen MR) is 38.5 cm³/mol. The zero-order valence-electron chi connectivity index (χ0n) is 6.39. The van der Waals surface area contributed by atoms with Gasteiger partial charge in [-0.15, -0.1) is 0 Å². The average molecular weight is 140 g/mol. The van der Waals surface area contributed by atoms with Gasteiger partial charge in [0.05, 0.1) is 5.76 Å². The third-order valence-corrected chi connectivity index (χ3v) is 1.70. The minimum Gasteiger partial charge on any atom is -0.484 e. The van der Waals surface area contributed by atoms with Crippen LogP contribution in [0.4, 0.5) is 0 Å². The van der Waals surface area contributed by atoms with Gasteiger partial charge in [0.1, 0.15) is 0 Å². The topological polar surface area (TPSA) is 26.3 Å². The fourth-order valence-corrected chi connectivity index (χ4v) is 0.988. The van der Waals surface area contributed by atoms with Crippen molar-refractivity contribution in [3.8, 4) is 0 Å². The fraction of sp³-hybridized carbons (Fsp3) is 0.625. The Labute approximate surface area is 60.9 Å². The number of carbonyl (C=O) groups excluding carboxylic acids is 1. The quantitative estimate of drug-likeness (QED) is 0.545. The number of hydrogen-bond acceptors (Lipinski definition) is 2. The van der Waals surface area contributed by atoms with Gasteiger partial charge in [-0.05, 0) is 13.0 Å². The van der Waals surface area contributed by atoms with Crippen LogP contribution < -0.4 is 0 Å². The highest BCUT2D eigenvalue weighted by Gasteiger charge is 2.29. The third kappa shape index (κ3) is 1.20. The molecule has 10 heavy (non-hydrogen) atoms. The Balaban J connectivity index is 2.57. The second kappa shape index (κ2) is 2.45. The minimum atomic E-state index is -0.564. The van der Waals surface area contributed by atoms with Gasteiger partial charge in [-0.25, -0.2) is 0 Å². The molecule has 2 heteroatoms. The van der Waals surface area contributed by atoms with Crippen molar-refractivity contribution in [1.82, 2.24) is 0 Å². The lowest BCUT2D eigenvalue weighted by Crippen LogP contribution is -2.25. The molecule has 0 aromatic carbocycles. The predicted octanol–water partition coefficient (Wildman–Crippen LogP) is 1.66. The number of allylic oxidation sites excluding steroid dienone is 1. The van der Waals surface area contributed by atoms with Gasteiger partial charge in [-0.3, -0.25) is 4.79 Å². The summed E-state index contributed by atoms with van der Waals surface area (Å²) in [6, 6.07) is 0. The highest BCUT2D eigenvalue weighted by molar-refractivity contribution is 5.63. The van der Waals surface area contributed by atoms with Crippen molar-refractivity contribution in [1.29, 1.82) is 0 Å². The molecule has 0 N–H and O–H groups in total. The van der Waals surface area contributed by atoms with Crippen molar-refractivity contribution in [2.24, 2.45) is 0 Å². The summed E-state index contributed by atoms with van der Waals surface area (Å²) in [6.45, 7) is 3.82. The molecule has 0 saturated heterocycles. The van der Waals surface area contributed by atoms with Crippen LogP contribution in [0.15, 0.2) is 11.8 Å². The van der Waals surface area contributed by atoms with Crippen molar-refractivity contribution in [2.45, 2.75) is 32.3 Å². The summed E-state index contributed by atoms with van der Waals surface area (Å²) in [5, 5.41) is 0. The number of rotatable bonds is 2. The second-order valence-electron chi connectivity index (χ2n) is 2.76. The molecule has 1 heterocycles. The van der Waals surface area contributed by atoms with Crippen molar-refractivity contribution < 1.29 is 9.53 Å². The number of aldehydes is 1. The Morgan fingerprint density at radius 2 is 2.60 bits per heavy atom. The largest absolute Gasteiger partial charge is 0.484 e. The van der Waals surface area contributed by atoms with Crippen molar-refractivity contribution in [2.75, 3.05) is 0 Å². The highest BCUT2D eigenvalue weighted by Crippen LogP contribution is 2.27. The molecule has 2 nitrogen and oxygen atoms in total. The van der Waals surface area contributed by atoms with Gasteiger partial charge in [0.25, 0.3) is 0 Å². The van der Waals surface area contributed by atoms with Crippen LogP contribution in [0.5, 0.6) is 0 Å². The lowest BCUT2D eigenvalue weighted by Gasteiger charge is -2.17. The van der Waals surface area contributed by atoms with Crippen LogP contribution in [-0.4, -0.2) is 11.9 Å². The van der Waals surface area contributed by atoms with E-state index in [4.69, 9.17) is 4.74 Å². The maximum atomic E-state index is 10.4. The number of ether oxygens (including phenoxy) is 1. The number of carbonyl (C=O) groups is 1. The molecule has 0 bridgehead atoms. The monoisotopic (exact) mass is 140 g/mol. The lowest BCUT2D eigenvalue weighted by atomic mass is 10.1. The maximum Gasteiger partial charge on any atom is 0.164 e.